The molecule has 0 amide bonds. The third-order valence-electron chi connectivity index (χ3n) is 4.43. The maximum absolute atomic E-state index is 11.4. The van der Waals surface area contributed by atoms with Gasteiger partial charge in [-0.15, -0.1) is 0 Å². The van der Waals surface area contributed by atoms with Gasteiger partial charge >= 0.3 is 5.97 Å². The molecule has 3 nitrogen and oxygen atoms in total. The molecular formula is C25H34O3. The first kappa shape index (κ1) is 23.5. The molecule has 28 heavy (non-hydrogen) atoms. The molecule has 0 aliphatic carbocycles. The molecule has 0 unspecified atom stereocenters. The topological polar surface area (TPSA) is 35.5 Å². The lowest BCUT2D eigenvalue weighted by Crippen LogP contribution is -2.00. The number of hydrogen-bond donors (Lipinski definition) is 0. The smallest absolute Gasteiger partial charge is 0.330 e. The van der Waals surface area contributed by atoms with Crippen molar-refractivity contribution < 1.29 is 14.3 Å². The molecule has 0 saturated carbocycles. The number of carbonyl (C=O) groups excluding carboxylic acids is 1. The molecule has 0 heterocycles. The second-order valence-corrected chi connectivity index (χ2v) is 6.95. The third kappa shape index (κ3) is 7.59. The summed E-state index contributed by atoms with van der Waals surface area (Å²) in [6.07, 6.45) is 12.6. The molecule has 0 aliphatic rings. The van der Waals surface area contributed by atoms with Gasteiger partial charge in [0.2, 0.25) is 0 Å². The van der Waals surface area contributed by atoms with Gasteiger partial charge in [-0.25, -0.2) is 4.79 Å². The van der Waals surface area contributed by atoms with Gasteiger partial charge < -0.3 is 9.47 Å². The fourth-order valence-electron chi connectivity index (χ4n) is 2.72. The van der Waals surface area contributed by atoms with Gasteiger partial charge in [-0.2, -0.15) is 0 Å². The zero-order chi connectivity index (χ0) is 21.1. The van der Waals surface area contributed by atoms with Crippen LogP contribution in [0.1, 0.15) is 56.4 Å². The summed E-state index contributed by atoms with van der Waals surface area (Å²) in [6, 6.07) is 2.13. The molecule has 0 radical (unpaired) electrons. The largest absolute Gasteiger partial charge is 0.493 e. The number of aryl methyl sites for hydroxylation is 1. The molecule has 0 bridgehead atoms. The van der Waals surface area contributed by atoms with Gasteiger partial charge in [0, 0.05) is 6.08 Å². The van der Waals surface area contributed by atoms with Crippen molar-refractivity contribution in [3.05, 3.63) is 69.8 Å². The van der Waals surface area contributed by atoms with Gasteiger partial charge in [0.05, 0.1) is 13.2 Å². The lowest BCUT2D eigenvalue weighted by molar-refractivity contribution is -0.137. The summed E-state index contributed by atoms with van der Waals surface area (Å²) in [5.41, 5.74) is 6.87. The predicted octanol–water partition coefficient (Wildman–Crippen LogP) is 6.43. The fourth-order valence-corrected chi connectivity index (χ4v) is 2.72. The molecule has 152 valence electrons. The van der Waals surface area contributed by atoms with Crippen molar-refractivity contribution >= 4 is 12.0 Å². The normalized spacial score (nSPS) is 12.8. The van der Waals surface area contributed by atoms with Crippen molar-refractivity contribution in [2.75, 3.05) is 13.2 Å². The second kappa shape index (κ2) is 12.0. The molecular weight excluding hydrogens is 348 g/mol. The Morgan fingerprint density at radius 1 is 1.04 bits per heavy atom. The quantitative estimate of drug-likeness (QED) is 0.281. The lowest BCUT2D eigenvalue weighted by Gasteiger charge is -2.15. The van der Waals surface area contributed by atoms with Gasteiger partial charge in [-0.1, -0.05) is 42.9 Å². The standard InChI is InChI=1S/C25H34O3/c1-8-15-28-24-17-20(5)23(21(6)22(24)7)14-13-18(3)11-10-12-19(4)16-25(26)27-9-2/h10-14,16-17H,8-9,15H2,1-7H3/b12-10+,14-13+,18-11+,19-16+. The average Bonchev–Trinajstić information content (AvgIpc) is 2.63. The molecule has 3 heteroatoms. The zero-order valence-corrected chi connectivity index (χ0v) is 18.4. The van der Waals surface area contributed by atoms with Crippen molar-refractivity contribution in [1.82, 2.24) is 0 Å². The van der Waals surface area contributed by atoms with E-state index >= 15 is 0 Å². The van der Waals surface area contributed by atoms with Crippen LogP contribution in [0.2, 0.25) is 0 Å². The number of carbonyl (C=O) groups is 1. The minimum atomic E-state index is -0.307. The number of benzene rings is 1. The number of allylic oxidation sites excluding steroid dienone is 6. The van der Waals surface area contributed by atoms with Gasteiger partial charge in [-0.3, -0.25) is 0 Å². The summed E-state index contributed by atoms with van der Waals surface area (Å²) in [5.74, 6) is 0.672. The van der Waals surface area contributed by atoms with E-state index < -0.39 is 0 Å². The van der Waals surface area contributed by atoms with Crippen molar-refractivity contribution in [1.29, 1.82) is 0 Å². The summed E-state index contributed by atoms with van der Waals surface area (Å²) in [6.45, 7) is 15.4. The summed E-state index contributed by atoms with van der Waals surface area (Å²) in [7, 11) is 0. The van der Waals surface area contributed by atoms with E-state index in [4.69, 9.17) is 9.47 Å². The van der Waals surface area contributed by atoms with Crippen LogP contribution in [0.5, 0.6) is 5.75 Å². The van der Waals surface area contributed by atoms with Crippen LogP contribution in [0.3, 0.4) is 0 Å². The van der Waals surface area contributed by atoms with Crippen molar-refractivity contribution in [3.63, 3.8) is 0 Å². The maximum atomic E-state index is 11.4. The molecule has 1 aromatic carbocycles. The first-order valence-electron chi connectivity index (χ1n) is 9.91. The van der Waals surface area contributed by atoms with Gasteiger partial charge in [-0.05, 0) is 81.9 Å². The van der Waals surface area contributed by atoms with Crippen LogP contribution in [0, 0.1) is 20.8 Å². The number of hydrogen-bond acceptors (Lipinski definition) is 3. The fraction of sp³-hybridized carbons (Fsp3) is 0.400. The van der Waals surface area contributed by atoms with Crippen molar-refractivity contribution in [3.8, 4) is 5.75 Å². The Labute approximate surface area is 170 Å². The highest BCUT2D eigenvalue weighted by Crippen LogP contribution is 2.29. The lowest BCUT2D eigenvalue weighted by atomic mass is 9.96. The monoisotopic (exact) mass is 382 g/mol. The van der Waals surface area contributed by atoms with Crippen LogP contribution < -0.4 is 4.74 Å². The van der Waals surface area contributed by atoms with E-state index in [1.165, 1.54) is 28.3 Å². The first-order valence-corrected chi connectivity index (χ1v) is 9.91. The Hall–Kier alpha value is -2.55. The highest BCUT2D eigenvalue weighted by atomic mass is 16.5. The summed E-state index contributed by atoms with van der Waals surface area (Å²) in [5, 5.41) is 0. The summed E-state index contributed by atoms with van der Waals surface area (Å²) >= 11 is 0. The van der Waals surface area contributed by atoms with Crippen LogP contribution in [-0.4, -0.2) is 19.2 Å². The number of esters is 1. The number of rotatable bonds is 9. The second-order valence-electron chi connectivity index (χ2n) is 6.95. The summed E-state index contributed by atoms with van der Waals surface area (Å²) < 4.78 is 10.8. The zero-order valence-electron chi connectivity index (χ0n) is 18.4. The van der Waals surface area contributed by atoms with Gasteiger partial charge in [0.1, 0.15) is 5.75 Å². The molecule has 0 saturated heterocycles. The Balaban J connectivity index is 2.90. The minimum absolute atomic E-state index is 0.307. The van der Waals surface area contributed by atoms with Crippen LogP contribution in [0.15, 0.2) is 47.6 Å². The maximum Gasteiger partial charge on any atom is 0.330 e. The van der Waals surface area contributed by atoms with Crippen LogP contribution >= 0.6 is 0 Å². The third-order valence-corrected chi connectivity index (χ3v) is 4.43. The Morgan fingerprint density at radius 3 is 2.39 bits per heavy atom. The van der Waals surface area contributed by atoms with E-state index in [1.807, 2.05) is 25.2 Å². The summed E-state index contributed by atoms with van der Waals surface area (Å²) in [4.78, 5) is 11.4. The van der Waals surface area contributed by atoms with E-state index in [9.17, 15) is 4.79 Å². The van der Waals surface area contributed by atoms with Gasteiger partial charge in [0.25, 0.3) is 0 Å². The van der Waals surface area contributed by atoms with Crippen LogP contribution in [0.4, 0.5) is 0 Å². The Bertz CT molecular complexity index is 793. The molecule has 0 spiro atoms. The molecule has 1 aromatic rings. The van der Waals surface area contributed by atoms with Crippen molar-refractivity contribution in [2.24, 2.45) is 0 Å². The SMILES string of the molecule is CCCOc1cc(C)c(/C=C/C(C)=C/C=C/C(C)=C/C(=O)OCC)c(C)c1C. The van der Waals surface area contributed by atoms with E-state index in [0.29, 0.717) is 6.61 Å². The molecule has 0 atom stereocenters. The highest BCUT2D eigenvalue weighted by molar-refractivity contribution is 5.83. The van der Waals surface area contributed by atoms with E-state index in [-0.39, 0.29) is 5.97 Å². The Morgan fingerprint density at radius 2 is 1.75 bits per heavy atom. The highest BCUT2D eigenvalue weighted by Gasteiger charge is 2.09. The van der Waals surface area contributed by atoms with Crippen LogP contribution in [0.25, 0.3) is 6.08 Å². The Kier molecular flexibility index (Phi) is 10.1. The number of ether oxygens (including phenoxy) is 2. The molecule has 0 aliphatic heterocycles. The van der Waals surface area contributed by atoms with Crippen LogP contribution in [-0.2, 0) is 9.53 Å². The van der Waals surface area contributed by atoms with E-state index in [1.54, 1.807) is 6.92 Å². The molecule has 0 aromatic heterocycles. The molecule has 1 rings (SSSR count). The molecule has 0 N–H and O–H groups in total. The first-order chi connectivity index (χ1) is 13.3. The minimum Gasteiger partial charge on any atom is -0.493 e. The predicted molar refractivity (Wildman–Crippen MR) is 119 cm³/mol. The van der Waals surface area contributed by atoms with E-state index in [0.717, 1.165) is 29.9 Å². The van der Waals surface area contributed by atoms with E-state index in [2.05, 4.69) is 52.8 Å². The van der Waals surface area contributed by atoms with Gasteiger partial charge in [0.15, 0.2) is 0 Å². The average molecular weight is 383 g/mol. The molecule has 0 fully saturated rings. The van der Waals surface area contributed by atoms with Crippen molar-refractivity contribution in [2.45, 2.75) is 54.9 Å².